The Labute approximate surface area is 171 Å². The molecule has 0 heterocycles. The van der Waals surface area contributed by atoms with Gasteiger partial charge in [0.2, 0.25) is 5.91 Å². The highest BCUT2D eigenvalue weighted by Gasteiger charge is 2.34. The second kappa shape index (κ2) is 9.95. The molecule has 1 unspecified atom stereocenters. The van der Waals surface area contributed by atoms with Crippen LogP contribution < -0.4 is 5.32 Å². The van der Waals surface area contributed by atoms with Crippen LogP contribution in [0.4, 0.5) is 13.2 Å². The number of amides is 1. The van der Waals surface area contributed by atoms with Crippen molar-refractivity contribution in [2.75, 3.05) is 0 Å². The highest BCUT2D eigenvalue weighted by atomic mass is 19.4. The van der Waals surface area contributed by atoms with E-state index in [1.807, 2.05) is 19.1 Å². The Morgan fingerprint density at radius 1 is 0.862 bits per heavy atom. The zero-order valence-electron chi connectivity index (χ0n) is 17.4. The normalized spacial score (nSPS) is 13.7. The van der Waals surface area contributed by atoms with Crippen LogP contribution in [0.2, 0.25) is 0 Å². The first-order valence-electron chi connectivity index (χ1n) is 10.2. The summed E-state index contributed by atoms with van der Waals surface area (Å²) in [4.78, 5) is 13.1. The standard InChI is InChI=1S/C24H30F3NO/c1-4-6-7-16-23(3,20-12-8-18(5-2)9-13-20)22(29)28-17-19-10-14-21(15-11-19)24(25,26)27/h8-15H,4-7,16-17H2,1-3H3,(H,28,29). The lowest BCUT2D eigenvalue weighted by Gasteiger charge is -2.29. The third-order valence-corrected chi connectivity index (χ3v) is 5.52. The number of hydrogen-bond acceptors (Lipinski definition) is 1. The summed E-state index contributed by atoms with van der Waals surface area (Å²) in [5.41, 5.74) is 1.47. The van der Waals surface area contributed by atoms with E-state index in [4.69, 9.17) is 0 Å². The molecule has 158 valence electrons. The van der Waals surface area contributed by atoms with E-state index in [2.05, 4.69) is 31.3 Å². The fourth-order valence-electron chi connectivity index (χ4n) is 3.41. The summed E-state index contributed by atoms with van der Waals surface area (Å²) in [6.45, 7) is 6.36. The Kier molecular flexibility index (Phi) is 7.88. The van der Waals surface area contributed by atoms with Crippen LogP contribution in [0.1, 0.15) is 68.7 Å². The summed E-state index contributed by atoms with van der Waals surface area (Å²) in [7, 11) is 0. The third kappa shape index (κ3) is 6.09. The number of rotatable bonds is 9. The van der Waals surface area contributed by atoms with Gasteiger partial charge < -0.3 is 5.32 Å². The van der Waals surface area contributed by atoms with Crippen LogP contribution >= 0.6 is 0 Å². The van der Waals surface area contributed by atoms with Crippen molar-refractivity contribution in [2.24, 2.45) is 0 Å². The maximum Gasteiger partial charge on any atom is 0.416 e. The Morgan fingerprint density at radius 2 is 1.41 bits per heavy atom. The van der Waals surface area contributed by atoms with Crippen molar-refractivity contribution in [3.63, 3.8) is 0 Å². The molecule has 0 aliphatic carbocycles. The molecule has 1 N–H and O–H groups in total. The SMILES string of the molecule is CCCCCC(C)(C(=O)NCc1ccc(C(F)(F)F)cc1)c1ccc(CC)cc1. The fourth-order valence-corrected chi connectivity index (χ4v) is 3.41. The number of benzene rings is 2. The summed E-state index contributed by atoms with van der Waals surface area (Å²) >= 11 is 0. The third-order valence-electron chi connectivity index (χ3n) is 5.52. The molecule has 0 aliphatic rings. The zero-order chi connectivity index (χ0) is 21.5. The summed E-state index contributed by atoms with van der Waals surface area (Å²) in [6, 6.07) is 13.1. The number of unbranched alkanes of at least 4 members (excludes halogenated alkanes) is 2. The molecule has 5 heteroatoms. The van der Waals surface area contributed by atoms with E-state index in [1.165, 1.54) is 17.7 Å². The van der Waals surface area contributed by atoms with Gasteiger partial charge in [-0.25, -0.2) is 0 Å². The summed E-state index contributed by atoms with van der Waals surface area (Å²) in [6.07, 6.45) is 0.367. The van der Waals surface area contributed by atoms with Gasteiger partial charge in [0.25, 0.3) is 0 Å². The Balaban J connectivity index is 2.14. The van der Waals surface area contributed by atoms with E-state index in [9.17, 15) is 18.0 Å². The molecular formula is C24H30F3NO. The average Bonchev–Trinajstić information content (AvgIpc) is 2.71. The van der Waals surface area contributed by atoms with Gasteiger partial charge in [0.1, 0.15) is 0 Å². The molecule has 0 radical (unpaired) electrons. The Hall–Kier alpha value is -2.30. The topological polar surface area (TPSA) is 29.1 Å². The molecule has 2 aromatic rings. The van der Waals surface area contributed by atoms with E-state index in [-0.39, 0.29) is 12.5 Å². The van der Waals surface area contributed by atoms with E-state index >= 15 is 0 Å². The predicted octanol–water partition coefficient (Wildman–Crippen LogP) is 6.42. The average molecular weight is 406 g/mol. The Morgan fingerprint density at radius 3 is 1.93 bits per heavy atom. The predicted molar refractivity (Wildman–Crippen MR) is 111 cm³/mol. The lowest BCUT2D eigenvalue weighted by atomic mass is 9.76. The molecule has 29 heavy (non-hydrogen) atoms. The Bertz CT molecular complexity index is 781. The fraction of sp³-hybridized carbons (Fsp3) is 0.458. The maximum absolute atomic E-state index is 13.1. The molecular weight excluding hydrogens is 375 g/mol. The number of nitrogens with one attached hydrogen (secondary N) is 1. The van der Waals surface area contributed by atoms with Crippen LogP contribution in [0.15, 0.2) is 48.5 Å². The van der Waals surface area contributed by atoms with Gasteiger partial charge in [0, 0.05) is 6.54 Å². The zero-order valence-corrected chi connectivity index (χ0v) is 17.4. The van der Waals surface area contributed by atoms with Crippen LogP contribution in [0.3, 0.4) is 0 Å². The van der Waals surface area contributed by atoms with Crippen molar-refractivity contribution >= 4 is 5.91 Å². The second-order valence-corrected chi connectivity index (χ2v) is 7.72. The molecule has 0 aromatic heterocycles. The summed E-state index contributed by atoms with van der Waals surface area (Å²) < 4.78 is 38.1. The minimum absolute atomic E-state index is 0.0993. The van der Waals surface area contributed by atoms with Gasteiger partial charge in [-0.15, -0.1) is 0 Å². The van der Waals surface area contributed by atoms with Crippen molar-refractivity contribution in [3.05, 3.63) is 70.8 Å². The molecule has 0 bridgehead atoms. The lowest BCUT2D eigenvalue weighted by Crippen LogP contribution is -2.42. The molecule has 1 amide bonds. The van der Waals surface area contributed by atoms with Gasteiger partial charge in [-0.05, 0) is 48.6 Å². The monoisotopic (exact) mass is 405 g/mol. The first kappa shape index (κ1) is 23.0. The minimum atomic E-state index is -4.36. The quantitative estimate of drug-likeness (QED) is 0.479. The molecule has 0 fully saturated rings. The molecule has 0 aliphatic heterocycles. The van der Waals surface area contributed by atoms with Crippen LogP contribution in [-0.2, 0) is 29.4 Å². The number of hydrogen-bond donors (Lipinski definition) is 1. The number of aryl methyl sites for hydroxylation is 1. The number of halogens is 3. The maximum atomic E-state index is 13.1. The molecule has 0 saturated carbocycles. The van der Waals surface area contributed by atoms with E-state index in [0.29, 0.717) is 5.56 Å². The second-order valence-electron chi connectivity index (χ2n) is 7.72. The van der Waals surface area contributed by atoms with Gasteiger partial charge >= 0.3 is 6.18 Å². The largest absolute Gasteiger partial charge is 0.416 e. The van der Waals surface area contributed by atoms with Gasteiger partial charge in [-0.2, -0.15) is 13.2 Å². The van der Waals surface area contributed by atoms with Crippen molar-refractivity contribution in [1.29, 1.82) is 0 Å². The van der Waals surface area contributed by atoms with Crippen LogP contribution in [0.25, 0.3) is 0 Å². The molecule has 0 spiro atoms. The summed E-state index contributed by atoms with van der Waals surface area (Å²) in [5.74, 6) is -0.0993. The highest BCUT2D eigenvalue weighted by Crippen LogP contribution is 2.31. The van der Waals surface area contributed by atoms with Gasteiger partial charge in [0.15, 0.2) is 0 Å². The highest BCUT2D eigenvalue weighted by molar-refractivity contribution is 5.87. The minimum Gasteiger partial charge on any atom is -0.351 e. The van der Waals surface area contributed by atoms with Crippen LogP contribution in [0.5, 0.6) is 0 Å². The van der Waals surface area contributed by atoms with Crippen LogP contribution in [0, 0.1) is 0 Å². The van der Waals surface area contributed by atoms with E-state index in [1.54, 1.807) is 0 Å². The van der Waals surface area contributed by atoms with Crippen molar-refractivity contribution in [2.45, 2.75) is 71.0 Å². The van der Waals surface area contributed by atoms with Gasteiger partial charge in [0.05, 0.1) is 11.0 Å². The van der Waals surface area contributed by atoms with Crippen molar-refractivity contribution in [3.8, 4) is 0 Å². The van der Waals surface area contributed by atoms with Crippen molar-refractivity contribution < 1.29 is 18.0 Å². The number of carbonyl (C=O) groups excluding carboxylic acids is 1. The lowest BCUT2D eigenvalue weighted by molar-refractivity contribution is -0.137. The number of carbonyl (C=O) groups is 1. The van der Waals surface area contributed by atoms with Crippen molar-refractivity contribution in [1.82, 2.24) is 5.32 Å². The molecule has 2 rings (SSSR count). The molecule has 1 atom stereocenters. The molecule has 0 saturated heterocycles. The van der Waals surface area contributed by atoms with E-state index in [0.717, 1.165) is 49.8 Å². The summed E-state index contributed by atoms with van der Waals surface area (Å²) in [5, 5.41) is 2.93. The molecule has 2 nitrogen and oxygen atoms in total. The van der Waals surface area contributed by atoms with Gasteiger partial charge in [-0.1, -0.05) is 69.5 Å². The first-order chi connectivity index (χ1) is 13.7. The first-order valence-corrected chi connectivity index (χ1v) is 10.2. The smallest absolute Gasteiger partial charge is 0.351 e. The number of alkyl halides is 3. The van der Waals surface area contributed by atoms with Gasteiger partial charge in [-0.3, -0.25) is 4.79 Å². The van der Waals surface area contributed by atoms with E-state index < -0.39 is 17.2 Å². The molecule has 2 aromatic carbocycles. The van der Waals surface area contributed by atoms with Crippen LogP contribution in [-0.4, -0.2) is 5.91 Å².